The summed E-state index contributed by atoms with van der Waals surface area (Å²) in [6.45, 7) is 4.27. The average Bonchev–Trinajstić information content (AvgIpc) is 3.03. The SMILES string of the molecule is CN(C)N1C(N)=C(C#N)C2(C(=O)N(Cc3ccccc3Cl)c3ccccc32)C2=C1CC(C)(C)CC2=O. The summed E-state index contributed by atoms with van der Waals surface area (Å²) in [5.74, 6) is -0.340. The van der Waals surface area contributed by atoms with Gasteiger partial charge in [-0.2, -0.15) is 5.26 Å². The van der Waals surface area contributed by atoms with Gasteiger partial charge in [-0.05, 0) is 29.5 Å². The van der Waals surface area contributed by atoms with E-state index in [-0.39, 0.29) is 41.5 Å². The van der Waals surface area contributed by atoms with Gasteiger partial charge in [-0.1, -0.05) is 61.8 Å². The minimum absolute atomic E-state index is 0.0714. The van der Waals surface area contributed by atoms with Crippen LogP contribution in [0.1, 0.15) is 37.8 Å². The molecule has 1 spiro atoms. The van der Waals surface area contributed by atoms with Crippen molar-refractivity contribution in [3.05, 3.63) is 87.3 Å². The Hall–Kier alpha value is -3.60. The number of para-hydroxylation sites is 1. The van der Waals surface area contributed by atoms with E-state index in [9.17, 15) is 14.9 Å². The van der Waals surface area contributed by atoms with Crippen molar-refractivity contribution in [3.63, 3.8) is 0 Å². The van der Waals surface area contributed by atoms with Crippen molar-refractivity contribution in [2.45, 2.75) is 38.6 Å². The standard InChI is InChI=1S/C28H28ClN5O2/c1-27(2)13-22-24(23(35)14-27)28(19(15-30)25(31)34(22)32(3)4)18-10-6-8-12-21(18)33(26(28)36)16-17-9-5-7-11-20(17)29/h5-12H,13-14,16,31H2,1-4H3. The maximum absolute atomic E-state index is 14.6. The number of rotatable bonds is 3. The number of benzene rings is 2. The number of nitrogens with zero attached hydrogens (tertiary/aromatic N) is 4. The van der Waals surface area contributed by atoms with E-state index in [4.69, 9.17) is 17.3 Å². The Morgan fingerprint density at radius 3 is 2.42 bits per heavy atom. The number of nitrogens with two attached hydrogens (primary N) is 1. The fraction of sp³-hybridized carbons (Fsp3) is 0.321. The number of hydrogen-bond acceptors (Lipinski definition) is 6. The van der Waals surface area contributed by atoms with Crippen molar-refractivity contribution in [1.82, 2.24) is 10.0 Å². The molecule has 0 aromatic heterocycles. The summed E-state index contributed by atoms with van der Waals surface area (Å²) in [6.07, 6.45) is 0.806. The fourth-order valence-corrected chi connectivity index (χ4v) is 6.15. The third kappa shape index (κ3) is 3.22. The average molecular weight is 502 g/mol. The van der Waals surface area contributed by atoms with Crippen LogP contribution in [0.5, 0.6) is 0 Å². The fourth-order valence-electron chi connectivity index (χ4n) is 5.95. The molecule has 0 radical (unpaired) electrons. The predicted octanol–water partition coefficient (Wildman–Crippen LogP) is 4.25. The van der Waals surface area contributed by atoms with Gasteiger partial charge in [-0.15, -0.1) is 0 Å². The molecule has 0 bridgehead atoms. The van der Waals surface area contributed by atoms with Gasteiger partial charge in [0.05, 0.1) is 12.1 Å². The van der Waals surface area contributed by atoms with Crippen LogP contribution in [0.15, 0.2) is 71.2 Å². The second-order valence-corrected chi connectivity index (χ2v) is 11.0. The summed E-state index contributed by atoms with van der Waals surface area (Å²) in [5.41, 5.74) is 7.84. The number of carbonyl (C=O) groups excluding carboxylic acids is 2. The monoisotopic (exact) mass is 501 g/mol. The van der Waals surface area contributed by atoms with E-state index in [0.29, 0.717) is 34.0 Å². The van der Waals surface area contributed by atoms with E-state index in [1.54, 1.807) is 21.0 Å². The van der Waals surface area contributed by atoms with Crippen LogP contribution < -0.4 is 10.6 Å². The van der Waals surface area contributed by atoms with E-state index in [1.165, 1.54) is 0 Å². The second kappa shape index (κ2) is 8.22. The minimum Gasteiger partial charge on any atom is -0.383 e. The van der Waals surface area contributed by atoms with Crippen molar-refractivity contribution in [3.8, 4) is 6.07 Å². The molecule has 1 amide bonds. The van der Waals surface area contributed by atoms with Gasteiger partial charge in [0.25, 0.3) is 0 Å². The molecule has 184 valence electrons. The molecule has 36 heavy (non-hydrogen) atoms. The summed E-state index contributed by atoms with van der Waals surface area (Å²) < 4.78 is 0. The number of hydrazine groups is 1. The van der Waals surface area contributed by atoms with E-state index >= 15 is 0 Å². The summed E-state index contributed by atoms with van der Waals surface area (Å²) in [6, 6.07) is 16.9. The number of Topliss-reactive ketones (excluding diaryl/α,β-unsaturated/α-hetero) is 1. The van der Waals surface area contributed by atoms with Gasteiger partial charge in [-0.3, -0.25) is 14.6 Å². The Labute approximate surface area is 216 Å². The molecule has 1 aliphatic carbocycles. The molecule has 2 heterocycles. The van der Waals surface area contributed by atoms with Gasteiger partial charge in [-0.25, -0.2) is 5.01 Å². The normalized spacial score (nSPS) is 22.9. The first kappa shape index (κ1) is 24.1. The maximum atomic E-state index is 14.6. The van der Waals surface area contributed by atoms with Crippen LogP contribution in [-0.4, -0.2) is 35.8 Å². The minimum atomic E-state index is -1.61. The zero-order chi connectivity index (χ0) is 26.0. The molecule has 2 aromatic carbocycles. The number of hydrogen-bond donors (Lipinski definition) is 1. The highest BCUT2D eigenvalue weighted by Gasteiger charge is 2.63. The van der Waals surface area contributed by atoms with Crippen LogP contribution in [0.25, 0.3) is 0 Å². The van der Waals surface area contributed by atoms with E-state index < -0.39 is 5.41 Å². The quantitative estimate of drug-likeness (QED) is 0.675. The first-order valence-corrected chi connectivity index (χ1v) is 12.2. The van der Waals surface area contributed by atoms with Gasteiger partial charge in [0.15, 0.2) is 5.78 Å². The van der Waals surface area contributed by atoms with E-state index in [0.717, 1.165) is 5.56 Å². The molecule has 1 unspecified atom stereocenters. The van der Waals surface area contributed by atoms with Crippen molar-refractivity contribution in [2.24, 2.45) is 11.1 Å². The largest absolute Gasteiger partial charge is 0.383 e. The highest BCUT2D eigenvalue weighted by molar-refractivity contribution is 6.31. The molecule has 1 atom stereocenters. The van der Waals surface area contributed by atoms with E-state index in [1.807, 2.05) is 70.4 Å². The Bertz CT molecular complexity index is 1420. The number of anilines is 1. The molecule has 8 heteroatoms. The molecule has 5 rings (SSSR count). The third-order valence-electron chi connectivity index (χ3n) is 7.31. The molecular weight excluding hydrogens is 474 g/mol. The van der Waals surface area contributed by atoms with Gasteiger partial charge in [0.2, 0.25) is 5.91 Å². The van der Waals surface area contributed by atoms with Crippen molar-refractivity contribution < 1.29 is 9.59 Å². The summed E-state index contributed by atoms with van der Waals surface area (Å²) >= 11 is 6.46. The lowest BCUT2D eigenvalue weighted by atomic mass is 9.61. The topological polar surface area (TPSA) is 93.7 Å². The second-order valence-electron chi connectivity index (χ2n) is 10.5. The van der Waals surface area contributed by atoms with Crippen LogP contribution in [0.3, 0.4) is 0 Å². The molecular formula is C28H28ClN5O2. The van der Waals surface area contributed by atoms with Gasteiger partial charge in [0.1, 0.15) is 17.3 Å². The number of amides is 1. The van der Waals surface area contributed by atoms with Gasteiger partial charge >= 0.3 is 0 Å². The molecule has 3 aliphatic rings. The molecule has 2 N–H and O–H groups in total. The number of halogens is 1. The van der Waals surface area contributed by atoms with Crippen LogP contribution >= 0.6 is 11.6 Å². The lowest BCUT2D eigenvalue weighted by Crippen LogP contribution is -2.55. The maximum Gasteiger partial charge on any atom is 0.248 e. The number of allylic oxidation sites excluding steroid dienone is 1. The third-order valence-corrected chi connectivity index (χ3v) is 7.67. The molecule has 7 nitrogen and oxygen atoms in total. The van der Waals surface area contributed by atoms with Crippen LogP contribution in [0.4, 0.5) is 5.69 Å². The van der Waals surface area contributed by atoms with Gasteiger partial charge in [0, 0.05) is 48.1 Å². The zero-order valence-corrected chi connectivity index (χ0v) is 21.6. The molecule has 2 aliphatic heterocycles. The molecule has 0 fully saturated rings. The van der Waals surface area contributed by atoms with Gasteiger partial charge < -0.3 is 10.6 Å². The summed E-state index contributed by atoms with van der Waals surface area (Å²) in [4.78, 5) is 30.2. The highest BCUT2D eigenvalue weighted by Crippen LogP contribution is 2.58. The van der Waals surface area contributed by atoms with Crippen molar-refractivity contribution in [1.29, 1.82) is 5.26 Å². The Morgan fingerprint density at radius 1 is 1.08 bits per heavy atom. The smallest absolute Gasteiger partial charge is 0.248 e. The van der Waals surface area contributed by atoms with E-state index in [2.05, 4.69) is 6.07 Å². The predicted molar refractivity (Wildman–Crippen MR) is 138 cm³/mol. The molecule has 0 saturated heterocycles. The first-order valence-electron chi connectivity index (χ1n) is 11.8. The first-order chi connectivity index (χ1) is 17.0. The number of fused-ring (bicyclic) bond motifs is 3. The number of nitriles is 1. The highest BCUT2D eigenvalue weighted by atomic mass is 35.5. The Balaban J connectivity index is 1.83. The van der Waals surface area contributed by atoms with Crippen molar-refractivity contribution >= 4 is 29.0 Å². The molecule has 2 aromatic rings. The van der Waals surface area contributed by atoms with Crippen LogP contribution in [-0.2, 0) is 21.5 Å². The van der Waals surface area contributed by atoms with Crippen LogP contribution in [0, 0.1) is 16.7 Å². The lowest BCUT2D eigenvalue weighted by molar-refractivity contribution is -0.126. The number of carbonyl (C=O) groups is 2. The lowest BCUT2D eigenvalue weighted by Gasteiger charge is -2.48. The van der Waals surface area contributed by atoms with Crippen LogP contribution in [0.2, 0.25) is 5.02 Å². The molecule has 0 saturated carbocycles. The zero-order valence-electron chi connectivity index (χ0n) is 20.8. The summed E-state index contributed by atoms with van der Waals surface area (Å²) in [7, 11) is 3.62. The Kier molecular flexibility index (Phi) is 5.51. The Morgan fingerprint density at radius 2 is 1.75 bits per heavy atom. The summed E-state index contributed by atoms with van der Waals surface area (Å²) in [5, 5.41) is 14.5. The number of ketones is 1. The van der Waals surface area contributed by atoms with Crippen molar-refractivity contribution in [2.75, 3.05) is 19.0 Å².